The van der Waals surface area contributed by atoms with Crippen molar-refractivity contribution in [2.45, 2.75) is 45.0 Å². The van der Waals surface area contributed by atoms with Crippen molar-refractivity contribution in [3.8, 4) is 0 Å². The summed E-state index contributed by atoms with van der Waals surface area (Å²) in [5.41, 5.74) is 10.2. The molecule has 1 fully saturated rings. The van der Waals surface area contributed by atoms with Crippen LogP contribution in [0, 0.1) is 6.92 Å². The summed E-state index contributed by atoms with van der Waals surface area (Å²) >= 11 is 0. The lowest BCUT2D eigenvalue weighted by Crippen LogP contribution is -2.43. The van der Waals surface area contributed by atoms with E-state index in [0.29, 0.717) is 24.1 Å². The highest BCUT2D eigenvalue weighted by atomic mass is 32.2. The minimum Gasteiger partial charge on any atom is -0.390 e. The Balaban J connectivity index is 0.00000385. The Hall–Kier alpha value is -3.54. The largest absolute Gasteiger partial charge is 0.390 e. The second-order valence-corrected chi connectivity index (χ2v) is 9.47. The number of hydrogen-bond acceptors (Lipinski definition) is 6. The van der Waals surface area contributed by atoms with Gasteiger partial charge in [-0.2, -0.15) is 0 Å². The van der Waals surface area contributed by atoms with E-state index in [9.17, 15) is 18.0 Å². The fourth-order valence-electron chi connectivity index (χ4n) is 3.11. The van der Waals surface area contributed by atoms with Gasteiger partial charge in [0.1, 0.15) is 18.8 Å². The van der Waals surface area contributed by atoms with Crippen molar-refractivity contribution in [1.29, 1.82) is 0 Å². The summed E-state index contributed by atoms with van der Waals surface area (Å²) in [4.78, 5) is 30.4. The first kappa shape index (κ1) is 25.7. The number of amides is 1. The highest BCUT2D eigenvalue weighted by molar-refractivity contribution is 7.91. The van der Waals surface area contributed by atoms with Crippen LogP contribution in [0.5, 0.6) is 0 Å². The molecule has 2 aromatic rings. The molecule has 0 spiro atoms. The Kier molecular flexibility index (Phi) is 8.09. The number of anilines is 1. The highest BCUT2D eigenvalue weighted by Gasteiger charge is 2.45. The number of rotatable bonds is 10. The van der Waals surface area contributed by atoms with E-state index in [4.69, 9.17) is 16.3 Å². The summed E-state index contributed by atoms with van der Waals surface area (Å²) in [7, 11) is -3.82. The first-order chi connectivity index (χ1) is 15.1. The molecule has 1 saturated carbocycles. The van der Waals surface area contributed by atoms with Crippen LogP contribution < -0.4 is 27.1 Å². The fraction of sp³-hybridized carbons (Fsp3) is 0.381. The van der Waals surface area contributed by atoms with Crippen molar-refractivity contribution < 1.29 is 18.0 Å². The number of benzene rings is 1. The summed E-state index contributed by atoms with van der Waals surface area (Å²) < 4.78 is 28.5. The van der Waals surface area contributed by atoms with E-state index in [-0.39, 0.29) is 38.0 Å². The Morgan fingerprint density at radius 2 is 1.85 bits per heavy atom. The van der Waals surface area contributed by atoms with Crippen molar-refractivity contribution in [2.24, 2.45) is 16.6 Å². The van der Waals surface area contributed by atoms with E-state index in [1.807, 2.05) is 0 Å². The number of aryl methyl sites for hydroxylation is 1. The van der Waals surface area contributed by atoms with Gasteiger partial charge in [-0.05, 0) is 42.6 Å². The Bertz CT molecular complexity index is 1170. The number of sulfonamides is 1. The number of oxime groups is 1. The highest BCUT2D eigenvalue weighted by Crippen LogP contribution is 2.35. The molecule has 1 heterocycles. The Morgan fingerprint density at radius 3 is 2.45 bits per heavy atom. The molecule has 1 aliphatic carbocycles. The molecule has 1 aromatic heterocycles. The molecule has 0 bridgehead atoms. The number of nitrogens with zero attached hydrogens (tertiary/aromatic N) is 2. The minimum atomic E-state index is -3.82. The third-order valence-corrected chi connectivity index (χ3v) is 6.17. The third kappa shape index (κ3) is 7.24. The van der Waals surface area contributed by atoms with Crippen LogP contribution in [0.2, 0.25) is 0 Å². The van der Waals surface area contributed by atoms with Gasteiger partial charge in [-0.1, -0.05) is 37.8 Å². The average molecular weight is 479 g/mol. The molecule has 0 aliphatic heterocycles. The normalized spacial score (nSPS) is 13.8. The van der Waals surface area contributed by atoms with Gasteiger partial charge in [0.25, 0.3) is 5.56 Å². The number of pyridine rings is 1. The zero-order valence-corrected chi connectivity index (χ0v) is 18.4. The molecule has 11 nitrogen and oxygen atoms in total. The molecule has 33 heavy (non-hydrogen) atoms. The van der Waals surface area contributed by atoms with E-state index in [1.165, 1.54) is 10.6 Å². The lowest BCUT2D eigenvalue weighted by Gasteiger charge is -2.18. The molecule has 1 aliphatic rings. The van der Waals surface area contributed by atoms with E-state index in [2.05, 4.69) is 15.2 Å². The smallest absolute Gasteiger partial charge is 0.275 e. The van der Waals surface area contributed by atoms with E-state index in [0.717, 1.165) is 0 Å². The molecular formula is C21H30N6O5S. The van der Waals surface area contributed by atoms with Crippen molar-refractivity contribution in [3.05, 3.63) is 64.1 Å². The van der Waals surface area contributed by atoms with Crippen molar-refractivity contribution in [3.63, 3.8) is 0 Å². The molecule has 6 N–H and O–H groups in total. The predicted octanol–water partition coefficient (Wildman–Crippen LogP) is 0.589. The number of nitrogens with one attached hydrogen (secondary N) is 2. The zero-order chi connectivity index (χ0) is 23.4. The number of aromatic nitrogens is 1. The third-order valence-electron chi connectivity index (χ3n) is 4.93. The van der Waals surface area contributed by atoms with E-state index < -0.39 is 27.0 Å². The maximum absolute atomic E-state index is 12.9. The maximum atomic E-state index is 12.9. The van der Waals surface area contributed by atoms with Crippen molar-refractivity contribution in [2.75, 3.05) is 11.3 Å². The van der Waals surface area contributed by atoms with Gasteiger partial charge in [0.05, 0.1) is 11.3 Å². The van der Waals surface area contributed by atoms with Gasteiger partial charge in [0, 0.05) is 5.69 Å². The Labute approximate surface area is 192 Å². The molecule has 0 saturated heterocycles. The van der Waals surface area contributed by atoms with Crippen LogP contribution in [0.25, 0.3) is 0 Å². The first-order valence-electron chi connectivity index (χ1n) is 9.86. The molecule has 1 aromatic carbocycles. The van der Waals surface area contributed by atoms with Gasteiger partial charge in [-0.25, -0.2) is 8.42 Å². The number of guanidine groups is 1. The summed E-state index contributed by atoms with van der Waals surface area (Å²) in [6.45, 7) is 1.48. The van der Waals surface area contributed by atoms with E-state index in [1.54, 1.807) is 43.3 Å². The van der Waals surface area contributed by atoms with Crippen LogP contribution in [0.3, 0.4) is 0 Å². The summed E-state index contributed by atoms with van der Waals surface area (Å²) in [5.74, 6) is -0.911. The van der Waals surface area contributed by atoms with Crippen LogP contribution in [0.15, 0.2) is 52.4 Å². The van der Waals surface area contributed by atoms with Gasteiger partial charge < -0.3 is 26.2 Å². The second-order valence-electron chi connectivity index (χ2n) is 7.74. The monoisotopic (exact) mass is 478 g/mol. The van der Waals surface area contributed by atoms with Gasteiger partial charge in [0.2, 0.25) is 21.9 Å². The minimum absolute atomic E-state index is 0. The van der Waals surface area contributed by atoms with Gasteiger partial charge in [-0.15, -0.1) is 0 Å². The summed E-state index contributed by atoms with van der Waals surface area (Å²) in [6.07, 6.45) is 1.37. The van der Waals surface area contributed by atoms with Gasteiger partial charge >= 0.3 is 0 Å². The molecule has 0 radical (unpaired) electrons. The summed E-state index contributed by atoms with van der Waals surface area (Å²) in [5, 5.41) is 6.28. The Morgan fingerprint density at radius 1 is 1.18 bits per heavy atom. The molecule has 180 valence electrons. The van der Waals surface area contributed by atoms with Crippen LogP contribution in [-0.4, -0.2) is 37.0 Å². The van der Waals surface area contributed by atoms with Gasteiger partial charge in [0.15, 0.2) is 0 Å². The molecular weight excluding hydrogens is 448 g/mol. The SMILES string of the molecule is C.Cc1ccc(NS(=O)(=O)Cc2ccccc2)c(=O)n1CC(=O)NC1(CON=C(N)N)CC1. The topological polar surface area (TPSA) is 171 Å². The van der Waals surface area contributed by atoms with Crippen LogP contribution >= 0.6 is 0 Å². The zero-order valence-electron chi connectivity index (χ0n) is 17.6. The summed E-state index contributed by atoms with van der Waals surface area (Å²) in [6, 6.07) is 11.6. The fourth-order valence-corrected chi connectivity index (χ4v) is 4.30. The lowest BCUT2D eigenvalue weighted by molar-refractivity contribution is -0.123. The average Bonchev–Trinajstić information content (AvgIpc) is 3.46. The molecule has 0 unspecified atom stereocenters. The first-order valence-corrected chi connectivity index (χ1v) is 11.5. The van der Waals surface area contributed by atoms with Gasteiger partial charge in [-0.3, -0.25) is 14.3 Å². The number of carbonyl (C=O) groups excluding carboxylic acids is 1. The van der Waals surface area contributed by atoms with E-state index >= 15 is 0 Å². The number of hydrogen-bond donors (Lipinski definition) is 4. The maximum Gasteiger partial charge on any atom is 0.275 e. The van der Waals surface area contributed by atoms with Crippen LogP contribution in [-0.2, 0) is 32.0 Å². The van der Waals surface area contributed by atoms with Crippen molar-refractivity contribution >= 4 is 27.6 Å². The predicted molar refractivity (Wildman–Crippen MR) is 127 cm³/mol. The second kappa shape index (κ2) is 10.4. The number of nitrogens with two attached hydrogens (primary N) is 2. The van der Waals surface area contributed by atoms with Crippen LogP contribution in [0.1, 0.15) is 31.5 Å². The quantitative estimate of drug-likeness (QED) is 0.220. The molecule has 1 amide bonds. The molecule has 12 heteroatoms. The lowest BCUT2D eigenvalue weighted by atomic mass is 10.2. The van der Waals surface area contributed by atoms with Crippen molar-refractivity contribution in [1.82, 2.24) is 9.88 Å². The number of carbonyl (C=O) groups is 1. The molecule has 3 rings (SSSR count). The standard InChI is InChI=1S/C20H26N6O5S.CH4/c1-14-7-8-16(25-32(29,30)12-15-5-3-2-4-6-15)18(28)26(14)11-17(27)23-20(9-10-20)13-31-24-19(21)22;/h2-8,25H,9-13H2,1H3,(H,23,27)(H4,21,22,24);1H4. The molecule has 0 atom stereocenters. The van der Waals surface area contributed by atoms with Crippen LogP contribution in [0.4, 0.5) is 5.69 Å².